The number of hydrogen-bond donors (Lipinski definition) is 0. The molecule has 0 fully saturated rings. The Hall–Kier alpha value is -0.830. The quantitative estimate of drug-likeness (QED) is 0.341. The van der Waals surface area contributed by atoms with Crippen molar-refractivity contribution in [2.24, 2.45) is 5.92 Å². The molecule has 0 unspecified atom stereocenters. The van der Waals surface area contributed by atoms with E-state index in [2.05, 4.69) is 73.4 Å². The minimum Gasteiger partial charge on any atom is -0.103 e. The second-order valence-electron chi connectivity index (χ2n) is 4.73. The van der Waals surface area contributed by atoms with Crippen molar-refractivity contribution in [2.45, 2.75) is 26.7 Å². The van der Waals surface area contributed by atoms with E-state index >= 15 is 0 Å². The molecule has 18 heavy (non-hydrogen) atoms. The summed E-state index contributed by atoms with van der Waals surface area (Å²) in [5.74, 6) is 0.637. The standard InChI is InChI=1S/C17H19I/c1-4-6-8-12(3)13(5-2)11-15-14-9-7-10-16(18)17(14)15/h4-5,7-10,17H,1,6,11H2,2-3H3/b12-8-,13-5-/t17-/m1/s1. The smallest absolute Gasteiger partial charge is 0.0366 e. The fourth-order valence-electron chi connectivity index (χ4n) is 2.41. The van der Waals surface area contributed by atoms with Gasteiger partial charge in [0.25, 0.3) is 0 Å². The van der Waals surface area contributed by atoms with E-state index in [-0.39, 0.29) is 0 Å². The molecule has 0 amide bonds. The number of hydrogen-bond acceptors (Lipinski definition) is 0. The SMILES string of the molecule is C=CC/C=C(C)\C(=C/C)CC1=C2C=CC=C(I)[C@H]21. The van der Waals surface area contributed by atoms with Crippen LogP contribution < -0.4 is 0 Å². The van der Waals surface area contributed by atoms with Gasteiger partial charge in [-0.3, -0.25) is 0 Å². The molecule has 0 saturated heterocycles. The van der Waals surface area contributed by atoms with Gasteiger partial charge in [0.2, 0.25) is 0 Å². The van der Waals surface area contributed by atoms with Gasteiger partial charge in [0.15, 0.2) is 0 Å². The monoisotopic (exact) mass is 350 g/mol. The summed E-state index contributed by atoms with van der Waals surface area (Å²) >= 11 is 2.46. The maximum Gasteiger partial charge on any atom is 0.0366 e. The molecule has 0 aliphatic heterocycles. The molecule has 0 aromatic carbocycles. The lowest BCUT2D eigenvalue weighted by atomic mass is 10.00. The number of rotatable bonds is 5. The molecule has 1 heteroatoms. The summed E-state index contributed by atoms with van der Waals surface area (Å²) < 4.78 is 1.46. The minimum absolute atomic E-state index is 0.637. The molecule has 0 aromatic heterocycles. The zero-order valence-corrected chi connectivity index (χ0v) is 13.2. The summed E-state index contributed by atoms with van der Waals surface area (Å²) in [6, 6.07) is 0. The van der Waals surface area contributed by atoms with Crippen LogP contribution in [0.5, 0.6) is 0 Å². The van der Waals surface area contributed by atoms with Crippen molar-refractivity contribution in [3.8, 4) is 0 Å². The fourth-order valence-corrected chi connectivity index (χ4v) is 3.33. The summed E-state index contributed by atoms with van der Waals surface area (Å²) in [7, 11) is 0. The second kappa shape index (κ2) is 5.87. The van der Waals surface area contributed by atoms with E-state index in [9.17, 15) is 0 Å². The molecule has 0 aromatic rings. The van der Waals surface area contributed by atoms with E-state index in [0.717, 1.165) is 12.8 Å². The van der Waals surface area contributed by atoms with Crippen LogP contribution in [0.25, 0.3) is 0 Å². The topological polar surface area (TPSA) is 0 Å². The highest BCUT2D eigenvalue weighted by atomic mass is 127. The Bertz CT molecular complexity index is 510. The molecule has 0 heterocycles. The largest absolute Gasteiger partial charge is 0.103 e. The van der Waals surface area contributed by atoms with E-state index in [4.69, 9.17) is 0 Å². The molecule has 94 valence electrons. The normalized spacial score (nSPS) is 22.8. The van der Waals surface area contributed by atoms with Crippen LogP contribution in [0.2, 0.25) is 0 Å². The summed E-state index contributed by atoms with van der Waals surface area (Å²) in [6.45, 7) is 8.10. The first-order chi connectivity index (χ1) is 8.69. The van der Waals surface area contributed by atoms with Gasteiger partial charge in [0.05, 0.1) is 0 Å². The van der Waals surface area contributed by atoms with E-state index in [0.29, 0.717) is 5.92 Å². The van der Waals surface area contributed by atoms with Crippen LogP contribution >= 0.6 is 22.6 Å². The molecular formula is C17H19I. The number of halogens is 1. The number of fused-ring (bicyclic) bond motifs is 1. The van der Waals surface area contributed by atoms with Crippen molar-refractivity contribution < 1.29 is 0 Å². The molecule has 0 radical (unpaired) electrons. The van der Waals surface area contributed by atoms with Gasteiger partial charge in [-0.25, -0.2) is 0 Å². The van der Waals surface area contributed by atoms with Crippen LogP contribution in [0.3, 0.4) is 0 Å². The van der Waals surface area contributed by atoms with Crippen LogP contribution in [-0.4, -0.2) is 0 Å². The predicted molar refractivity (Wildman–Crippen MR) is 88.7 cm³/mol. The Kier molecular flexibility index (Phi) is 4.44. The first-order valence-electron chi connectivity index (χ1n) is 6.39. The van der Waals surface area contributed by atoms with Crippen molar-refractivity contribution in [2.75, 3.05) is 0 Å². The van der Waals surface area contributed by atoms with Crippen LogP contribution in [0.1, 0.15) is 26.7 Å². The van der Waals surface area contributed by atoms with Crippen molar-refractivity contribution in [1.82, 2.24) is 0 Å². The zero-order chi connectivity index (χ0) is 13.1. The second-order valence-corrected chi connectivity index (χ2v) is 5.97. The maximum absolute atomic E-state index is 3.77. The first kappa shape index (κ1) is 13.6. The van der Waals surface area contributed by atoms with E-state index in [1.54, 1.807) is 5.57 Å². The molecular weight excluding hydrogens is 331 g/mol. The summed E-state index contributed by atoms with van der Waals surface area (Å²) in [6.07, 6.45) is 15.1. The highest BCUT2D eigenvalue weighted by Gasteiger charge is 2.37. The molecule has 0 N–H and O–H groups in total. The average molecular weight is 350 g/mol. The summed E-state index contributed by atoms with van der Waals surface area (Å²) in [5.41, 5.74) is 5.98. The van der Waals surface area contributed by atoms with Crippen molar-refractivity contribution in [1.29, 1.82) is 0 Å². The lowest BCUT2D eigenvalue weighted by molar-refractivity contribution is 1.04. The molecule has 2 rings (SSSR count). The Morgan fingerprint density at radius 3 is 2.89 bits per heavy atom. The Balaban J connectivity index is 2.07. The Labute approximate surface area is 124 Å². The molecule has 2 aliphatic rings. The molecule has 1 atom stereocenters. The Morgan fingerprint density at radius 2 is 2.28 bits per heavy atom. The Morgan fingerprint density at radius 1 is 1.50 bits per heavy atom. The highest BCUT2D eigenvalue weighted by molar-refractivity contribution is 14.1. The summed E-state index contributed by atoms with van der Waals surface area (Å²) in [4.78, 5) is 0. The van der Waals surface area contributed by atoms with Crippen molar-refractivity contribution in [3.05, 3.63) is 68.9 Å². The van der Waals surface area contributed by atoms with Gasteiger partial charge in [0.1, 0.15) is 0 Å². The van der Waals surface area contributed by atoms with Crippen LogP contribution in [0.15, 0.2) is 68.9 Å². The van der Waals surface area contributed by atoms with Crippen LogP contribution in [0.4, 0.5) is 0 Å². The van der Waals surface area contributed by atoms with Gasteiger partial charge in [-0.15, -0.1) is 6.58 Å². The molecule has 0 nitrogen and oxygen atoms in total. The zero-order valence-electron chi connectivity index (χ0n) is 11.0. The van der Waals surface area contributed by atoms with Gasteiger partial charge in [-0.1, -0.05) is 42.0 Å². The van der Waals surface area contributed by atoms with Crippen LogP contribution in [-0.2, 0) is 0 Å². The third kappa shape index (κ3) is 2.77. The van der Waals surface area contributed by atoms with Gasteiger partial charge >= 0.3 is 0 Å². The molecule has 2 aliphatic carbocycles. The first-order valence-corrected chi connectivity index (χ1v) is 7.46. The number of allylic oxidation sites excluding steroid dienone is 11. The van der Waals surface area contributed by atoms with Gasteiger partial charge in [0, 0.05) is 9.50 Å². The third-order valence-corrected chi connectivity index (χ3v) is 4.56. The lowest BCUT2D eigenvalue weighted by Gasteiger charge is -2.07. The average Bonchev–Trinajstić information content (AvgIpc) is 3.08. The molecule has 0 saturated carbocycles. The van der Waals surface area contributed by atoms with Crippen molar-refractivity contribution in [3.63, 3.8) is 0 Å². The highest BCUT2D eigenvalue weighted by Crippen LogP contribution is 2.52. The molecule has 0 bridgehead atoms. The van der Waals surface area contributed by atoms with Gasteiger partial charge in [-0.2, -0.15) is 0 Å². The van der Waals surface area contributed by atoms with Crippen LogP contribution in [0, 0.1) is 5.92 Å². The van der Waals surface area contributed by atoms with Crippen molar-refractivity contribution >= 4 is 22.6 Å². The molecule has 0 spiro atoms. The van der Waals surface area contributed by atoms with Gasteiger partial charge in [-0.05, 0) is 66.0 Å². The van der Waals surface area contributed by atoms with E-state index in [1.165, 1.54) is 20.3 Å². The fraction of sp³-hybridized carbons (Fsp3) is 0.294. The maximum atomic E-state index is 3.77. The van der Waals surface area contributed by atoms with E-state index in [1.807, 2.05) is 6.08 Å². The predicted octanol–water partition coefficient (Wildman–Crippen LogP) is 5.66. The van der Waals surface area contributed by atoms with E-state index < -0.39 is 0 Å². The van der Waals surface area contributed by atoms with Gasteiger partial charge < -0.3 is 0 Å². The lowest BCUT2D eigenvalue weighted by Crippen LogP contribution is -1.89. The third-order valence-electron chi connectivity index (χ3n) is 3.58. The minimum atomic E-state index is 0.637. The summed E-state index contributed by atoms with van der Waals surface area (Å²) in [5, 5.41) is 0.